The van der Waals surface area contributed by atoms with E-state index in [2.05, 4.69) is 4.90 Å². The number of hydrogen-bond donors (Lipinski definition) is 1. The van der Waals surface area contributed by atoms with Crippen molar-refractivity contribution in [2.24, 2.45) is 5.92 Å². The van der Waals surface area contributed by atoms with Crippen molar-refractivity contribution in [1.29, 1.82) is 0 Å². The number of aliphatic hydroxyl groups is 1. The minimum absolute atomic E-state index is 0.0123. The number of aliphatic hydroxyl groups excluding tert-OH is 1. The van der Waals surface area contributed by atoms with Crippen molar-refractivity contribution < 1.29 is 18.3 Å². The van der Waals surface area contributed by atoms with Gasteiger partial charge in [-0.25, -0.2) is 8.42 Å². The highest BCUT2D eigenvalue weighted by Crippen LogP contribution is 2.21. The second-order valence-corrected chi connectivity index (χ2v) is 8.02. The molecular formula is C13H24N2O4S. The predicted octanol–water partition coefficient (Wildman–Crippen LogP) is -0.664. The molecule has 2 heterocycles. The predicted molar refractivity (Wildman–Crippen MR) is 76.1 cm³/mol. The van der Waals surface area contributed by atoms with Gasteiger partial charge >= 0.3 is 0 Å². The molecule has 2 rings (SSSR count). The first-order valence-electron chi connectivity index (χ1n) is 7.31. The molecule has 2 fully saturated rings. The van der Waals surface area contributed by atoms with Crippen LogP contribution in [0.15, 0.2) is 0 Å². The molecule has 6 nitrogen and oxygen atoms in total. The summed E-state index contributed by atoms with van der Waals surface area (Å²) in [5.74, 6) is -0.193. The lowest BCUT2D eigenvalue weighted by atomic mass is 10.1. The SMILES string of the molecule is CC[C@@H](O)CN1CCN(C(=O)[C@@H]2CCS(=O)(=O)C2)CC1. The average Bonchev–Trinajstić information content (AvgIpc) is 2.79. The molecule has 7 heteroatoms. The second-order valence-electron chi connectivity index (χ2n) is 5.79. The van der Waals surface area contributed by atoms with Crippen molar-refractivity contribution in [2.45, 2.75) is 25.9 Å². The van der Waals surface area contributed by atoms with Crippen LogP contribution in [0.25, 0.3) is 0 Å². The first kappa shape index (κ1) is 15.7. The first-order chi connectivity index (χ1) is 9.41. The number of amides is 1. The van der Waals surface area contributed by atoms with Crippen molar-refractivity contribution >= 4 is 15.7 Å². The number of piperazine rings is 1. The maximum atomic E-state index is 12.3. The molecule has 2 aliphatic rings. The Labute approximate surface area is 120 Å². The topological polar surface area (TPSA) is 77.9 Å². The van der Waals surface area contributed by atoms with Crippen LogP contribution in [0.3, 0.4) is 0 Å². The molecule has 1 N–H and O–H groups in total. The number of nitrogens with zero attached hydrogens (tertiary/aromatic N) is 2. The summed E-state index contributed by atoms with van der Waals surface area (Å²) in [7, 11) is -3.00. The molecule has 0 unspecified atom stereocenters. The van der Waals surface area contributed by atoms with Gasteiger partial charge in [-0.15, -0.1) is 0 Å². The second kappa shape index (κ2) is 6.41. The highest BCUT2D eigenvalue weighted by molar-refractivity contribution is 7.91. The van der Waals surface area contributed by atoms with E-state index < -0.39 is 9.84 Å². The molecule has 0 aromatic heterocycles. The standard InChI is InChI=1S/C13H24N2O4S/c1-2-12(16)9-14-4-6-15(7-5-14)13(17)11-3-8-20(18,19)10-11/h11-12,16H,2-10H2,1H3/t11-,12-/m1/s1. The molecule has 0 aromatic carbocycles. The van der Waals surface area contributed by atoms with Crippen LogP contribution >= 0.6 is 0 Å². The van der Waals surface area contributed by atoms with Crippen molar-refractivity contribution in [1.82, 2.24) is 9.80 Å². The van der Waals surface area contributed by atoms with Crippen LogP contribution in [0.1, 0.15) is 19.8 Å². The number of rotatable bonds is 4. The highest BCUT2D eigenvalue weighted by atomic mass is 32.2. The Morgan fingerprint density at radius 1 is 1.30 bits per heavy atom. The Hall–Kier alpha value is -0.660. The van der Waals surface area contributed by atoms with E-state index in [1.54, 1.807) is 4.90 Å². The molecule has 2 saturated heterocycles. The summed E-state index contributed by atoms with van der Waals surface area (Å²) in [6.45, 7) is 5.36. The number of hydrogen-bond acceptors (Lipinski definition) is 5. The van der Waals surface area contributed by atoms with E-state index in [9.17, 15) is 18.3 Å². The number of carbonyl (C=O) groups excluding carboxylic acids is 1. The molecule has 0 bridgehead atoms. The summed E-state index contributed by atoms with van der Waals surface area (Å²) in [4.78, 5) is 16.2. The van der Waals surface area contributed by atoms with Crippen LogP contribution in [-0.4, -0.2) is 79.6 Å². The van der Waals surface area contributed by atoms with E-state index in [0.29, 0.717) is 26.1 Å². The van der Waals surface area contributed by atoms with E-state index in [1.165, 1.54) is 0 Å². The molecule has 0 aromatic rings. The maximum absolute atomic E-state index is 12.3. The highest BCUT2D eigenvalue weighted by Gasteiger charge is 2.36. The fourth-order valence-corrected chi connectivity index (χ4v) is 4.56. The quantitative estimate of drug-likeness (QED) is 0.746. The Balaban J connectivity index is 1.80. The monoisotopic (exact) mass is 304 g/mol. The van der Waals surface area contributed by atoms with Gasteiger partial charge in [-0.2, -0.15) is 0 Å². The van der Waals surface area contributed by atoms with E-state index in [4.69, 9.17) is 0 Å². The van der Waals surface area contributed by atoms with Gasteiger partial charge in [0.05, 0.1) is 23.5 Å². The summed E-state index contributed by atoms with van der Waals surface area (Å²) in [5.41, 5.74) is 0. The summed E-state index contributed by atoms with van der Waals surface area (Å²) in [6, 6.07) is 0. The third-order valence-corrected chi connectivity index (χ3v) is 5.97. The van der Waals surface area contributed by atoms with Gasteiger partial charge in [-0.1, -0.05) is 6.92 Å². The molecule has 2 aliphatic heterocycles. The fraction of sp³-hybridized carbons (Fsp3) is 0.923. The summed E-state index contributed by atoms with van der Waals surface area (Å²) in [5, 5.41) is 9.63. The van der Waals surface area contributed by atoms with Crippen LogP contribution in [0.4, 0.5) is 0 Å². The Morgan fingerprint density at radius 3 is 2.45 bits per heavy atom. The Kier molecular flexibility index (Phi) is 5.04. The van der Waals surface area contributed by atoms with Gasteiger partial charge in [0.25, 0.3) is 0 Å². The van der Waals surface area contributed by atoms with Gasteiger partial charge in [-0.3, -0.25) is 9.69 Å². The number of carbonyl (C=O) groups is 1. The molecule has 1 amide bonds. The van der Waals surface area contributed by atoms with Crippen molar-refractivity contribution in [3.05, 3.63) is 0 Å². The van der Waals surface area contributed by atoms with Crippen LogP contribution in [-0.2, 0) is 14.6 Å². The van der Waals surface area contributed by atoms with Crippen molar-refractivity contribution in [3.63, 3.8) is 0 Å². The molecule has 0 spiro atoms. The van der Waals surface area contributed by atoms with Gasteiger partial charge < -0.3 is 10.0 Å². The Morgan fingerprint density at radius 2 is 1.95 bits per heavy atom. The molecule has 2 atom stereocenters. The largest absolute Gasteiger partial charge is 0.392 e. The summed E-state index contributed by atoms with van der Waals surface area (Å²) >= 11 is 0. The lowest BCUT2D eigenvalue weighted by Gasteiger charge is -2.36. The zero-order chi connectivity index (χ0) is 14.8. The van der Waals surface area contributed by atoms with E-state index in [1.807, 2.05) is 6.92 Å². The summed E-state index contributed by atoms with van der Waals surface area (Å²) < 4.78 is 22.9. The normalized spacial score (nSPS) is 28.5. The summed E-state index contributed by atoms with van der Waals surface area (Å²) in [6.07, 6.45) is 0.895. The van der Waals surface area contributed by atoms with Gasteiger partial charge in [0, 0.05) is 32.7 Å². The third kappa shape index (κ3) is 3.93. The first-order valence-corrected chi connectivity index (χ1v) is 9.13. The van der Waals surface area contributed by atoms with Gasteiger partial charge in [0.1, 0.15) is 0 Å². The van der Waals surface area contributed by atoms with E-state index in [-0.39, 0.29) is 29.4 Å². The molecule has 0 aliphatic carbocycles. The van der Waals surface area contributed by atoms with Crippen molar-refractivity contribution in [3.8, 4) is 0 Å². The molecule has 116 valence electrons. The minimum atomic E-state index is -3.00. The maximum Gasteiger partial charge on any atom is 0.226 e. The third-order valence-electron chi connectivity index (χ3n) is 4.21. The van der Waals surface area contributed by atoms with Crippen LogP contribution in [0.2, 0.25) is 0 Å². The van der Waals surface area contributed by atoms with Gasteiger partial charge in [-0.05, 0) is 12.8 Å². The zero-order valence-electron chi connectivity index (χ0n) is 12.0. The molecule has 20 heavy (non-hydrogen) atoms. The van der Waals surface area contributed by atoms with Crippen LogP contribution in [0.5, 0.6) is 0 Å². The van der Waals surface area contributed by atoms with Crippen LogP contribution < -0.4 is 0 Å². The van der Waals surface area contributed by atoms with Gasteiger partial charge in [0.2, 0.25) is 5.91 Å². The average molecular weight is 304 g/mol. The zero-order valence-corrected chi connectivity index (χ0v) is 12.8. The number of β-amino-alcohol motifs (C(OH)–C–C–N with tert-alkyl or cyclic N) is 1. The lowest BCUT2D eigenvalue weighted by molar-refractivity contribution is -0.136. The molecule has 0 radical (unpaired) electrons. The smallest absolute Gasteiger partial charge is 0.226 e. The fourth-order valence-electron chi connectivity index (χ4n) is 2.83. The molecule has 0 saturated carbocycles. The van der Waals surface area contributed by atoms with Crippen molar-refractivity contribution in [2.75, 3.05) is 44.2 Å². The minimum Gasteiger partial charge on any atom is -0.392 e. The van der Waals surface area contributed by atoms with Crippen LogP contribution in [0, 0.1) is 5.92 Å². The Bertz CT molecular complexity index is 443. The number of sulfone groups is 1. The van der Waals surface area contributed by atoms with E-state index >= 15 is 0 Å². The lowest BCUT2D eigenvalue weighted by Crippen LogP contribution is -2.51. The van der Waals surface area contributed by atoms with Gasteiger partial charge in [0.15, 0.2) is 9.84 Å². The molecular weight excluding hydrogens is 280 g/mol. The van der Waals surface area contributed by atoms with E-state index in [0.717, 1.165) is 19.5 Å².